The molecule has 5 nitrogen and oxygen atoms in total. The van der Waals surface area contributed by atoms with Crippen LogP contribution in [-0.4, -0.2) is 59.3 Å². The minimum atomic E-state index is -2.87. The lowest BCUT2D eigenvalue weighted by Crippen LogP contribution is -2.64. The molecule has 140 valence electrons. The largest absolute Gasteiger partial charge is 0.351 e. The Kier molecular flexibility index (Phi) is 4.42. The van der Waals surface area contributed by atoms with Crippen molar-refractivity contribution in [3.63, 3.8) is 0 Å². The lowest BCUT2D eigenvalue weighted by Gasteiger charge is -2.45. The van der Waals surface area contributed by atoms with Gasteiger partial charge < -0.3 is 10.2 Å². The maximum atomic E-state index is 14.0. The van der Waals surface area contributed by atoms with Gasteiger partial charge in [0.2, 0.25) is 11.8 Å². The Morgan fingerprint density at radius 3 is 2.50 bits per heavy atom. The fourth-order valence-electron chi connectivity index (χ4n) is 3.81. The molecule has 1 atom stereocenters. The molecule has 4 rings (SSSR count). The van der Waals surface area contributed by atoms with Gasteiger partial charge in [0.05, 0.1) is 12.6 Å². The number of benzene rings is 1. The van der Waals surface area contributed by atoms with Gasteiger partial charge in [0.1, 0.15) is 0 Å². The Hall–Kier alpha value is -2.02. The number of nitrogens with one attached hydrogen (secondary N) is 1. The Balaban J connectivity index is 1.35. The molecule has 0 spiro atoms. The Morgan fingerprint density at radius 2 is 1.85 bits per heavy atom. The van der Waals surface area contributed by atoms with Crippen molar-refractivity contribution in [1.82, 2.24) is 15.1 Å². The molecule has 0 bridgehead atoms. The summed E-state index contributed by atoms with van der Waals surface area (Å²) in [5.74, 6) is -2.95. The number of alkyl halides is 2. The zero-order valence-corrected chi connectivity index (χ0v) is 14.5. The van der Waals surface area contributed by atoms with Crippen LogP contribution in [0.4, 0.5) is 8.78 Å². The molecule has 3 fully saturated rings. The Bertz CT molecular complexity index is 687. The molecule has 2 heterocycles. The monoisotopic (exact) mass is 363 g/mol. The van der Waals surface area contributed by atoms with E-state index in [1.54, 1.807) is 9.80 Å². The summed E-state index contributed by atoms with van der Waals surface area (Å²) in [4.78, 5) is 27.9. The van der Waals surface area contributed by atoms with E-state index in [1.165, 1.54) is 0 Å². The molecular formula is C19H23F2N3O2. The van der Waals surface area contributed by atoms with Crippen molar-refractivity contribution >= 4 is 11.8 Å². The average Bonchev–Trinajstić information content (AvgIpc) is 3.37. The van der Waals surface area contributed by atoms with Crippen molar-refractivity contribution in [2.75, 3.05) is 19.6 Å². The summed E-state index contributed by atoms with van der Waals surface area (Å²) < 4.78 is 28.0. The van der Waals surface area contributed by atoms with E-state index in [0.717, 1.165) is 18.4 Å². The molecule has 0 unspecified atom stereocenters. The summed E-state index contributed by atoms with van der Waals surface area (Å²) in [5.41, 5.74) is 0.932. The second-order valence-corrected chi connectivity index (χ2v) is 7.62. The Morgan fingerprint density at radius 1 is 1.15 bits per heavy atom. The quantitative estimate of drug-likeness (QED) is 0.865. The fraction of sp³-hybridized carbons (Fsp3) is 0.579. The van der Waals surface area contributed by atoms with Gasteiger partial charge in [0.25, 0.3) is 5.92 Å². The number of nitrogens with zero attached hydrogens (tertiary/aromatic N) is 2. The van der Waals surface area contributed by atoms with Gasteiger partial charge in [-0.2, -0.15) is 0 Å². The van der Waals surface area contributed by atoms with Crippen LogP contribution < -0.4 is 5.32 Å². The number of rotatable bonds is 5. The molecule has 1 N–H and O–H groups in total. The van der Waals surface area contributed by atoms with Gasteiger partial charge >= 0.3 is 0 Å². The standard InChI is InChI=1S/C19H23F2N3O2/c20-19(21)8-16(17(25)22-9-13-4-2-1-3-5-13)24(12-19)15-10-23(11-15)18(26)14-6-7-14/h1-5,14-16H,6-12H2,(H,22,25)/t16-/m0/s1. The number of likely N-dealkylation sites (tertiary alicyclic amines) is 2. The number of hydrogen-bond acceptors (Lipinski definition) is 3. The maximum Gasteiger partial charge on any atom is 0.262 e. The highest BCUT2D eigenvalue weighted by Gasteiger charge is 2.53. The van der Waals surface area contributed by atoms with Crippen LogP contribution in [0.15, 0.2) is 30.3 Å². The number of amides is 2. The first-order chi connectivity index (χ1) is 12.4. The molecule has 7 heteroatoms. The van der Waals surface area contributed by atoms with E-state index in [1.807, 2.05) is 30.3 Å². The van der Waals surface area contributed by atoms with Gasteiger partial charge in [0, 0.05) is 38.0 Å². The molecule has 1 aliphatic carbocycles. The second-order valence-electron chi connectivity index (χ2n) is 7.62. The highest BCUT2D eigenvalue weighted by atomic mass is 19.3. The summed E-state index contributed by atoms with van der Waals surface area (Å²) in [7, 11) is 0. The summed E-state index contributed by atoms with van der Waals surface area (Å²) in [6.45, 7) is 0.820. The zero-order valence-electron chi connectivity index (χ0n) is 14.5. The molecular weight excluding hydrogens is 340 g/mol. The fourth-order valence-corrected chi connectivity index (χ4v) is 3.81. The van der Waals surface area contributed by atoms with E-state index in [-0.39, 0.29) is 23.8 Å². The lowest BCUT2D eigenvalue weighted by molar-refractivity contribution is -0.141. The van der Waals surface area contributed by atoms with Gasteiger partial charge in [-0.1, -0.05) is 30.3 Å². The number of carbonyl (C=O) groups is 2. The molecule has 2 saturated heterocycles. The summed E-state index contributed by atoms with van der Waals surface area (Å²) >= 11 is 0. The van der Waals surface area contributed by atoms with E-state index in [9.17, 15) is 18.4 Å². The SMILES string of the molecule is O=C(NCc1ccccc1)[C@@H]1CC(F)(F)CN1C1CN(C(=O)C2CC2)C1. The molecule has 0 aromatic heterocycles. The van der Waals surface area contributed by atoms with Gasteiger partial charge in [-0.05, 0) is 18.4 Å². The van der Waals surface area contributed by atoms with Crippen LogP contribution in [0.25, 0.3) is 0 Å². The lowest BCUT2D eigenvalue weighted by atomic mass is 10.0. The summed E-state index contributed by atoms with van der Waals surface area (Å²) in [5, 5.41) is 2.78. The minimum absolute atomic E-state index is 0.136. The van der Waals surface area contributed by atoms with E-state index in [4.69, 9.17) is 0 Å². The third-order valence-corrected chi connectivity index (χ3v) is 5.49. The van der Waals surface area contributed by atoms with Crippen molar-refractivity contribution in [1.29, 1.82) is 0 Å². The summed E-state index contributed by atoms with van der Waals surface area (Å²) in [6, 6.07) is 8.41. The van der Waals surface area contributed by atoms with Crippen molar-refractivity contribution in [2.45, 2.75) is 43.8 Å². The number of carbonyl (C=O) groups excluding carboxylic acids is 2. The first-order valence-corrected chi connectivity index (χ1v) is 9.17. The normalized spacial score (nSPS) is 25.8. The van der Waals surface area contributed by atoms with E-state index >= 15 is 0 Å². The highest BCUT2D eigenvalue weighted by molar-refractivity contribution is 5.83. The predicted molar refractivity (Wildman–Crippen MR) is 91.4 cm³/mol. The Labute approximate surface area is 151 Å². The molecule has 26 heavy (non-hydrogen) atoms. The van der Waals surface area contributed by atoms with Gasteiger partial charge in [0.15, 0.2) is 0 Å². The van der Waals surface area contributed by atoms with E-state index in [0.29, 0.717) is 19.6 Å². The highest BCUT2D eigenvalue weighted by Crippen LogP contribution is 2.37. The van der Waals surface area contributed by atoms with Crippen molar-refractivity contribution in [2.24, 2.45) is 5.92 Å². The van der Waals surface area contributed by atoms with Crippen LogP contribution in [0.5, 0.6) is 0 Å². The molecule has 0 radical (unpaired) electrons. The first kappa shape index (κ1) is 17.4. The van der Waals surface area contributed by atoms with Crippen LogP contribution in [0.3, 0.4) is 0 Å². The van der Waals surface area contributed by atoms with Crippen molar-refractivity contribution < 1.29 is 18.4 Å². The molecule has 1 saturated carbocycles. The van der Waals surface area contributed by atoms with Crippen LogP contribution in [-0.2, 0) is 16.1 Å². The van der Waals surface area contributed by atoms with Crippen LogP contribution in [0, 0.1) is 5.92 Å². The summed E-state index contributed by atoms with van der Waals surface area (Å²) in [6.07, 6.45) is 1.42. The molecule has 1 aromatic rings. The smallest absolute Gasteiger partial charge is 0.262 e. The molecule has 2 amide bonds. The second kappa shape index (κ2) is 6.61. The third kappa shape index (κ3) is 3.58. The number of hydrogen-bond donors (Lipinski definition) is 1. The maximum absolute atomic E-state index is 14.0. The van der Waals surface area contributed by atoms with Crippen molar-refractivity contribution in [3.8, 4) is 0 Å². The molecule has 2 aliphatic heterocycles. The minimum Gasteiger partial charge on any atom is -0.351 e. The predicted octanol–water partition coefficient (Wildman–Crippen LogP) is 1.63. The number of halogens is 2. The van der Waals surface area contributed by atoms with E-state index < -0.39 is 24.9 Å². The van der Waals surface area contributed by atoms with Crippen molar-refractivity contribution in [3.05, 3.63) is 35.9 Å². The van der Waals surface area contributed by atoms with Crippen LogP contribution >= 0.6 is 0 Å². The van der Waals surface area contributed by atoms with Crippen LogP contribution in [0.1, 0.15) is 24.8 Å². The first-order valence-electron chi connectivity index (χ1n) is 9.17. The zero-order chi connectivity index (χ0) is 18.3. The molecule has 1 aromatic carbocycles. The topological polar surface area (TPSA) is 52.7 Å². The van der Waals surface area contributed by atoms with E-state index in [2.05, 4.69) is 5.32 Å². The van der Waals surface area contributed by atoms with Gasteiger partial charge in [-0.15, -0.1) is 0 Å². The van der Waals surface area contributed by atoms with Crippen LogP contribution in [0.2, 0.25) is 0 Å². The molecule has 3 aliphatic rings. The van der Waals surface area contributed by atoms with Gasteiger partial charge in [-0.25, -0.2) is 8.78 Å². The average molecular weight is 363 g/mol. The third-order valence-electron chi connectivity index (χ3n) is 5.49. The van der Waals surface area contributed by atoms with Gasteiger partial charge in [-0.3, -0.25) is 14.5 Å².